The van der Waals surface area contributed by atoms with Crippen LogP contribution < -0.4 is 10.1 Å². The van der Waals surface area contributed by atoms with Crippen LogP contribution in [-0.4, -0.2) is 11.1 Å². The van der Waals surface area contributed by atoms with Gasteiger partial charge in [-0.25, -0.2) is 0 Å². The fraction of sp³-hybridized carbons (Fsp3) is 0.300. The molecule has 1 fully saturated rings. The maximum absolute atomic E-state index is 12.9. The standard InChI is InChI=1S/C20H22N3O2/c1-19(2)20(3,4)23(25)18(22(19)24)17-7-5-6-16(12-17)15-10-8-14(13-21)9-11-15/h5-12,22-23H,1-4H3. The third-order valence-electron chi connectivity index (χ3n) is 5.65. The number of nitrogens with zero attached hydrogens (tertiary/aromatic N) is 1. The lowest BCUT2D eigenvalue weighted by atomic mass is 9.84. The summed E-state index contributed by atoms with van der Waals surface area (Å²) in [5.41, 5.74) is 1.68. The zero-order valence-corrected chi connectivity index (χ0v) is 14.9. The average molecular weight is 336 g/mol. The normalized spacial score (nSPS) is 24.8. The first-order valence-electron chi connectivity index (χ1n) is 8.27. The van der Waals surface area contributed by atoms with Gasteiger partial charge in [-0.3, -0.25) is 10.1 Å². The maximum atomic E-state index is 12.9. The first-order chi connectivity index (χ1) is 11.7. The number of hydrogen-bond acceptors (Lipinski definition) is 3. The van der Waals surface area contributed by atoms with Crippen LogP contribution in [-0.2, 0) is 0 Å². The van der Waals surface area contributed by atoms with E-state index in [0.717, 1.165) is 11.1 Å². The average Bonchev–Trinajstić information content (AvgIpc) is 2.72. The second-order valence-electron chi connectivity index (χ2n) is 7.55. The van der Waals surface area contributed by atoms with Crippen molar-refractivity contribution in [1.29, 1.82) is 5.26 Å². The lowest BCUT2D eigenvalue weighted by Gasteiger charge is -2.36. The number of hydrogen-bond donors (Lipinski definition) is 2. The molecule has 1 radical (unpaired) electrons. The topological polar surface area (TPSA) is 78.8 Å². The van der Waals surface area contributed by atoms with E-state index in [2.05, 4.69) is 6.07 Å². The van der Waals surface area contributed by atoms with Crippen LogP contribution in [0.1, 0.15) is 38.8 Å². The maximum Gasteiger partial charge on any atom is 0.365 e. The van der Waals surface area contributed by atoms with E-state index in [1.807, 2.05) is 64.1 Å². The van der Waals surface area contributed by atoms with Gasteiger partial charge in [-0.1, -0.05) is 24.3 Å². The van der Waals surface area contributed by atoms with E-state index in [1.165, 1.54) is 0 Å². The molecule has 0 aliphatic carbocycles. The van der Waals surface area contributed by atoms with E-state index >= 15 is 0 Å². The molecule has 1 saturated heterocycles. The molecule has 2 aromatic rings. The summed E-state index contributed by atoms with van der Waals surface area (Å²) in [7, 11) is 0. The van der Waals surface area contributed by atoms with Crippen LogP contribution in [0.25, 0.3) is 11.1 Å². The molecule has 0 saturated carbocycles. The minimum Gasteiger partial charge on any atom is -0.629 e. The van der Waals surface area contributed by atoms with Gasteiger partial charge in [-0.2, -0.15) is 5.26 Å². The predicted molar refractivity (Wildman–Crippen MR) is 95.8 cm³/mol. The molecule has 1 aliphatic rings. The summed E-state index contributed by atoms with van der Waals surface area (Å²) in [5.74, 6) is 0. The summed E-state index contributed by atoms with van der Waals surface area (Å²) in [6, 6.07) is 16.8. The molecule has 3 rings (SSSR count). The highest BCUT2D eigenvalue weighted by Gasteiger charge is 2.62. The molecule has 5 nitrogen and oxygen atoms in total. The molecule has 2 atom stereocenters. The van der Waals surface area contributed by atoms with Gasteiger partial charge in [-0.15, -0.1) is 0 Å². The highest BCUT2D eigenvalue weighted by molar-refractivity contribution is 5.65. The molecule has 0 spiro atoms. The molecule has 5 heteroatoms. The third kappa shape index (κ3) is 2.64. The van der Waals surface area contributed by atoms with E-state index < -0.39 is 11.1 Å². The van der Waals surface area contributed by atoms with Crippen LogP contribution in [0.2, 0.25) is 0 Å². The lowest BCUT2D eigenvalue weighted by molar-refractivity contribution is -0.974. The summed E-state index contributed by atoms with van der Waals surface area (Å²) in [5, 5.41) is 34.5. The molecule has 2 unspecified atom stereocenters. The van der Waals surface area contributed by atoms with Crippen LogP contribution in [0.4, 0.5) is 0 Å². The summed E-state index contributed by atoms with van der Waals surface area (Å²) < 4.78 is 0. The number of benzene rings is 2. The van der Waals surface area contributed by atoms with Gasteiger partial charge in [-0.05, 0) is 63.1 Å². The molecule has 1 aliphatic heterocycles. The predicted octanol–water partition coefficient (Wildman–Crippen LogP) is 1.40. The Balaban J connectivity index is 2.01. The highest BCUT2D eigenvalue weighted by atomic mass is 16.6. The van der Waals surface area contributed by atoms with E-state index in [9.17, 15) is 10.4 Å². The minimum absolute atomic E-state index is 0.0977. The summed E-state index contributed by atoms with van der Waals surface area (Å²) in [6.45, 7) is 7.35. The Hall–Kier alpha value is -2.23. The van der Waals surface area contributed by atoms with Crippen molar-refractivity contribution < 1.29 is 10.1 Å². The van der Waals surface area contributed by atoms with Gasteiger partial charge in [0, 0.05) is 0 Å². The molecular formula is C20H22N3O2. The Labute approximate surface area is 148 Å². The number of nitriles is 1. The van der Waals surface area contributed by atoms with Crippen molar-refractivity contribution in [3.8, 4) is 17.2 Å². The third-order valence-corrected chi connectivity index (χ3v) is 5.65. The van der Waals surface area contributed by atoms with Gasteiger partial charge in [0.2, 0.25) is 0 Å². The van der Waals surface area contributed by atoms with Crippen molar-refractivity contribution in [1.82, 2.24) is 0 Å². The molecule has 0 bridgehead atoms. The largest absolute Gasteiger partial charge is 0.629 e. The van der Waals surface area contributed by atoms with Crippen LogP contribution in [0.15, 0.2) is 48.5 Å². The first-order valence-corrected chi connectivity index (χ1v) is 8.27. The molecule has 0 aromatic heterocycles. The van der Waals surface area contributed by atoms with Gasteiger partial charge in [0.25, 0.3) is 0 Å². The molecule has 129 valence electrons. The van der Waals surface area contributed by atoms with Crippen molar-refractivity contribution in [2.45, 2.75) is 38.8 Å². The second-order valence-corrected chi connectivity index (χ2v) is 7.55. The molecule has 2 aromatic carbocycles. The Bertz CT molecular complexity index is 802. The zero-order chi connectivity index (χ0) is 18.4. The van der Waals surface area contributed by atoms with E-state index in [-0.39, 0.29) is 10.1 Å². The van der Waals surface area contributed by atoms with Gasteiger partial charge in [0.1, 0.15) is 0 Å². The minimum atomic E-state index is -0.718. The first kappa shape index (κ1) is 17.6. The van der Waals surface area contributed by atoms with Crippen molar-refractivity contribution >= 4 is 0 Å². The van der Waals surface area contributed by atoms with Crippen LogP contribution in [0.3, 0.4) is 0 Å². The van der Waals surface area contributed by atoms with Crippen molar-refractivity contribution in [2.24, 2.45) is 0 Å². The Morgan fingerprint density at radius 3 is 1.84 bits per heavy atom. The van der Waals surface area contributed by atoms with Crippen molar-refractivity contribution in [2.75, 3.05) is 0 Å². The Morgan fingerprint density at radius 1 is 0.800 bits per heavy atom. The smallest absolute Gasteiger partial charge is 0.365 e. The van der Waals surface area contributed by atoms with Crippen LogP contribution >= 0.6 is 0 Å². The Morgan fingerprint density at radius 2 is 1.32 bits per heavy atom. The quantitative estimate of drug-likeness (QED) is 0.814. The second kappa shape index (κ2) is 5.94. The van der Waals surface area contributed by atoms with Gasteiger partial charge >= 0.3 is 6.17 Å². The molecule has 0 amide bonds. The van der Waals surface area contributed by atoms with Crippen molar-refractivity contribution in [3.63, 3.8) is 0 Å². The fourth-order valence-corrected chi connectivity index (χ4v) is 3.15. The Kier molecular flexibility index (Phi) is 4.18. The van der Waals surface area contributed by atoms with Gasteiger partial charge in [0.05, 0.1) is 17.2 Å². The van der Waals surface area contributed by atoms with Gasteiger partial charge < -0.3 is 10.4 Å². The van der Waals surface area contributed by atoms with Gasteiger partial charge in [0.15, 0.2) is 11.1 Å². The zero-order valence-electron chi connectivity index (χ0n) is 14.9. The van der Waals surface area contributed by atoms with Crippen molar-refractivity contribution in [3.05, 3.63) is 76.2 Å². The number of quaternary nitrogens is 2. The number of rotatable bonds is 2. The molecule has 2 N–H and O–H groups in total. The molecule has 1 heterocycles. The summed E-state index contributed by atoms with van der Waals surface area (Å²) in [4.78, 5) is 0. The number of nitrogens with one attached hydrogen (secondary N) is 2. The SMILES string of the molecule is CC1(C)[NH+]([O-])[C](c2cccc(-c3ccc(C#N)cc3)c2)[NH+]([O-])C1(C)C. The molecular weight excluding hydrogens is 314 g/mol. The van der Waals surface area contributed by atoms with E-state index in [4.69, 9.17) is 5.26 Å². The summed E-state index contributed by atoms with van der Waals surface area (Å²) in [6.07, 6.45) is 0.297. The van der Waals surface area contributed by atoms with Crippen LogP contribution in [0, 0.1) is 27.9 Å². The monoisotopic (exact) mass is 336 g/mol. The highest BCUT2D eigenvalue weighted by Crippen LogP contribution is 2.26. The lowest BCUT2D eigenvalue weighted by Crippen LogP contribution is -3.22. The molecule has 25 heavy (non-hydrogen) atoms. The van der Waals surface area contributed by atoms with E-state index in [0.29, 0.717) is 17.3 Å². The number of hydroxylamine groups is 4. The van der Waals surface area contributed by atoms with Crippen LogP contribution in [0.5, 0.6) is 0 Å². The summed E-state index contributed by atoms with van der Waals surface area (Å²) >= 11 is 0. The fourth-order valence-electron chi connectivity index (χ4n) is 3.15. The van der Waals surface area contributed by atoms with E-state index in [1.54, 1.807) is 12.1 Å².